The van der Waals surface area contributed by atoms with Crippen molar-refractivity contribution in [1.82, 2.24) is 0 Å². The normalized spacial score (nSPS) is 32.6. The molecule has 90 valence electrons. The number of esters is 1. The Morgan fingerprint density at radius 1 is 1.19 bits per heavy atom. The molecule has 1 unspecified atom stereocenters. The maximum atomic E-state index is 11.2. The Hall–Kier alpha value is -0.545. The van der Waals surface area contributed by atoms with Gasteiger partial charge in [-0.2, -0.15) is 0 Å². The molecule has 0 aliphatic carbocycles. The van der Waals surface area contributed by atoms with Crippen LogP contribution in [0.15, 0.2) is 0 Å². The van der Waals surface area contributed by atoms with Crippen LogP contribution >= 0.6 is 0 Å². The van der Waals surface area contributed by atoms with Crippen molar-refractivity contribution in [2.75, 3.05) is 6.61 Å². The fourth-order valence-corrected chi connectivity index (χ4v) is 2.01. The first kappa shape index (κ1) is 11.9. The molecule has 0 N–H and O–H groups in total. The predicted molar refractivity (Wildman–Crippen MR) is 60.0 cm³/mol. The van der Waals surface area contributed by atoms with E-state index in [0.717, 1.165) is 6.42 Å². The molecule has 2 rings (SSSR count). The van der Waals surface area contributed by atoms with Crippen molar-refractivity contribution in [3.63, 3.8) is 0 Å². The molecule has 2 saturated heterocycles. The minimum absolute atomic E-state index is 0.127. The van der Waals surface area contributed by atoms with Crippen molar-refractivity contribution in [2.24, 2.45) is 0 Å². The monoisotopic (exact) mass is 226 g/mol. The molecule has 2 fully saturated rings. The van der Waals surface area contributed by atoms with E-state index in [1.54, 1.807) is 0 Å². The van der Waals surface area contributed by atoms with Crippen LogP contribution in [0.3, 0.4) is 0 Å². The summed E-state index contributed by atoms with van der Waals surface area (Å²) in [4.78, 5) is 11.2. The Morgan fingerprint density at radius 3 is 2.25 bits per heavy atom. The zero-order valence-corrected chi connectivity index (χ0v) is 10.4. The minimum Gasteiger partial charge on any atom is -0.466 e. The second kappa shape index (κ2) is 3.74. The number of carbonyl (C=O) groups is 1. The molecule has 0 saturated carbocycles. The van der Waals surface area contributed by atoms with Gasteiger partial charge in [0.1, 0.15) is 0 Å². The Labute approximate surface area is 96.8 Å². The van der Waals surface area contributed by atoms with E-state index in [0.29, 0.717) is 13.0 Å². The maximum absolute atomic E-state index is 11.2. The topological polar surface area (TPSA) is 44.8 Å². The summed E-state index contributed by atoms with van der Waals surface area (Å²) in [5.41, 5.74) is -0.641. The largest absolute Gasteiger partial charge is 0.466 e. The lowest BCUT2D eigenvalue weighted by molar-refractivity contribution is -0.147. The summed E-state index contributed by atoms with van der Waals surface area (Å²) in [6.45, 7) is 8.57. The van der Waals surface area contributed by atoms with E-state index in [4.69, 9.17) is 14.0 Å². The third kappa shape index (κ3) is 1.98. The van der Waals surface area contributed by atoms with E-state index in [2.05, 4.69) is 0 Å². The van der Waals surface area contributed by atoms with Crippen LogP contribution in [0.1, 0.15) is 40.5 Å². The molecule has 0 spiro atoms. The first-order valence-electron chi connectivity index (χ1n) is 5.83. The molecule has 0 amide bonds. The van der Waals surface area contributed by atoms with E-state index < -0.39 is 0 Å². The molecule has 0 bridgehead atoms. The number of carbonyl (C=O) groups excluding carboxylic acids is 1. The van der Waals surface area contributed by atoms with Crippen LogP contribution in [-0.2, 0) is 18.8 Å². The molecule has 2 heterocycles. The summed E-state index contributed by atoms with van der Waals surface area (Å²) in [6, 6.07) is 0. The Morgan fingerprint density at radius 2 is 1.75 bits per heavy atom. The van der Waals surface area contributed by atoms with Gasteiger partial charge in [-0.3, -0.25) is 4.79 Å². The second-order valence-electron chi connectivity index (χ2n) is 5.60. The quantitative estimate of drug-likeness (QED) is 0.505. The van der Waals surface area contributed by atoms with Crippen LogP contribution < -0.4 is 0 Å². The summed E-state index contributed by atoms with van der Waals surface area (Å²) in [7, 11) is -0.280. The molecule has 4 nitrogen and oxygen atoms in total. The number of ether oxygens (including phenoxy) is 1. The van der Waals surface area contributed by atoms with Crippen molar-refractivity contribution < 1.29 is 18.8 Å². The van der Waals surface area contributed by atoms with Gasteiger partial charge >= 0.3 is 13.1 Å². The third-order valence-electron chi connectivity index (χ3n) is 3.84. The summed E-state index contributed by atoms with van der Waals surface area (Å²) in [5.74, 6) is -0.0201. The van der Waals surface area contributed by atoms with Crippen LogP contribution in [0.5, 0.6) is 0 Å². The SMILES string of the molecule is CC1(C)OB(C2CCOC(=O)C2)OC1(C)C. The van der Waals surface area contributed by atoms with Gasteiger partial charge in [-0.15, -0.1) is 0 Å². The summed E-state index contributed by atoms with van der Waals surface area (Å²) in [5, 5.41) is 0. The second-order valence-corrected chi connectivity index (χ2v) is 5.60. The molecule has 2 aliphatic rings. The van der Waals surface area contributed by atoms with Crippen LogP contribution in [0.2, 0.25) is 5.82 Å². The number of hydrogen-bond acceptors (Lipinski definition) is 4. The van der Waals surface area contributed by atoms with Gasteiger partial charge < -0.3 is 14.0 Å². The molecule has 5 heteroatoms. The van der Waals surface area contributed by atoms with Crippen molar-refractivity contribution in [3.8, 4) is 0 Å². The third-order valence-corrected chi connectivity index (χ3v) is 3.84. The van der Waals surface area contributed by atoms with E-state index in [-0.39, 0.29) is 30.1 Å². The lowest BCUT2D eigenvalue weighted by Crippen LogP contribution is -2.41. The van der Waals surface area contributed by atoms with Gasteiger partial charge in [-0.1, -0.05) is 0 Å². The van der Waals surface area contributed by atoms with Crippen LogP contribution in [0.4, 0.5) is 0 Å². The number of cyclic esters (lactones) is 1. The van der Waals surface area contributed by atoms with Gasteiger partial charge in [-0.25, -0.2) is 0 Å². The number of rotatable bonds is 1. The smallest absolute Gasteiger partial charge is 0.461 e. The van der Waals surface area contributed by atoms with Gasteiger partial charge in [0.25, 0.3) is 0 Å². The molecule has 0 aromatic rings. The molecule has 1 atom stereocenters. The van der Waals surface area contributed by atoms with Gasteiger partial charge in [0, 0.05) is 12.2 Å². The van der Waals surface area contributed by atoms with Crippen molar-refractivity contribution in [3.05, 3.63) is 0 Å². The zero-order chi connectivity index (χ0) is 12.0. The van der Waals surface area contributed by atoms with Gasteiger partial charge in [-0.05, 0) is 34.1 Å². The highest BCUT2D eigenvalue weighted by Gasteiger charge is 2.54. The van der Waals surface area contributed by atoms with Crippen LogP contribution in [0.25, 0.3) is 0 Å². The van der Waals surface area contributed by atoms with Crippen molar-refractivity contribution >= 4 is 13.1 Å². The highest BCUT2D eigenvalue weighted by molar-refractivity contribution is 6.48. The summed E-state index contributed by atoms with van der Waals surface area (Å²) in [6.07, 6.45) is 1.22. The fourth-order valence-electron chi connectivity index (χ4n) is 2.01. The zero-order valence-electron chi connectivity index (χ0n) is 10.4. The van der Waals surface area contributed by atoms with Gasteiger partial charge in [0.2, 0.25) is 0 Å². The molecular weight excluding hydrogens is 207 g/mol. The van der Waals surface area contributed by atoms with Crippen molar-refractivity contribution in [2.45, 2.75) is 57.6 Å². The first-order valence-corrected chi connectivity index (χ1v) is 5.83. The van der Waals surface area contributed by atoms with E-state index >= 15 is 0 Å². The van der Waals surface area contributed by atoms with E-state index in [1.807, 2.05) is 27.7 Å². The van der Waals surface area contributed by atoms with Gasteiger partial charge in [0.15, 0.2) is 0 Å². The summed E-state index contributed by atoms with van der Waals surface area (Å²) >= 11 is 0. The average Bonchev–Trinajstić information content (AvgIpc) is 2.36. The number of hydrogen-bond donors (Lipinski definition) is 0. The van der Waals surface area contributed by atoms with Crippen molar-refractivity contribution in [1.29, 1.82) is 0 Å². The maximum Gasteiger partial charge on any atom is 0.461 e. The summed E-state index contributed by atoms with van der Waals surface area (Å²) < 4.78 is 16.8. The Bertz CT molecular complexity index is 284. The molecule has 16 heavy (non-hydrogen) atoms. The minimum atomic E-state index is -0.320. The average molecular weight is 226 g/mol. The Balaban J connectivity index is 2.05. The molecule has 0 radical (unpaired) electrons. The lowest BCUT2D eigenvalue weighted by atomic mass is 9.67. The van der Waals surface area contributed by atoms with Crippen LogP contribution in [-0.4, -0.2) is 30.9 Å². The molecular formula is C11H19BO4. The highest BCUT2D eigenvalue weighted by Crippen LogP contribution is 2.42. The van der Waals surface area contributed by atoms with E-state index in [9.17, 15) is 4.79 Å². The first-order chi connectivity index (χ1) is 7.32. The Kier molecular flexibility index (Phi) is 2.79. The van der Waals surface area contributed by atoms with E-state index in [1.165, 1.54) is 0 Å². The van der Waals surface area contributed by atoms with Crippen LogP contribution in [0, 0.1) is 0 Å². The predicted octanol–water partition coefficient (Wildman–Crippen LogP) is 1.79. The fraction of sp³-hybridized carbons (Fsp3) is 0.909. The molecule has 2 aliphatic heterocycles. The highest BCUT2D eigenvalue weighted by atomic mass is 16.7. The molecule has 0 aromatic carbocycles. The molecule has 0 aromatic heterocycles. The standard InChI is InChI=1S/C11H19BO4/c1-10(2)11(3,4)16-12(15-10)8-5-6-14-9(13)7-8/h8H,5-7H2,1-4H3. The lowest BCUT2D eigenvalue weighted by Gasteiger charge is -2.32. The van der Waals surface area contributed by atoms with Gasteiger partial charge in [0.05, 0.1) is 17.8 Å².